The van der Waals surface area contributed by atoms with Crippen LogP contribution in [-0.2, 0) is 19.5 Å². The number of sulfone groups is 1. The van der Waals surface area contributed by atoms with Gasteiger partial charge in [0.1, 0.15) is 0 Å². The van der Waals surface area contributed by atoms with Crippen molar-refractivity contribution >= 4 is 50.3 Å². The van der Waals surface area contributed by atoms with Crippen LogP contribution in [-0.4, -0.2) is 19.4 Å². The lowest BCUT2D eigenvalue weighted by atomic mass is 10.0. The van der Waals surface area contributed by atoms with E-state index in [2.05, 4.69) is 5.32 Å². The Morgan fingerprint density at radius 1 is 1.08 bits per heavy atom. The van der Waals surface area contributed by atoms with E-state index in [-0.39, 0.29) is 16.3 Å². The topological polar surface area (TPSA) is 86.7 Å². The molecule has 0 radical (unpaired) electrons. The van der Waals surface area contributed by atoms with Crippen LogP contribution < -0.4 is 10.2 Å². The van der Waals surface area contributed by atoms with Crippen LogP contribution in [0.5, 0.6) is 0 Å². The molecule has 2 aliphatic rings. The summed E-state index contributed by atoms with van der Waals surface area (Å²) >= 11 is 12.0. The second-order valence-electron chi connectivity index (χ2n) is 5.62. The summed E-state index contributed by atoms with van der Waals surface area (Å²) in [6.45, 7) is 0. The number of carbonyl (C=O) groups is 1. The van der Waals surface area contributed by atoms with Crippen molar-refractivity contribution in [3.63, 3.8) is 0 Å². The molecule has 2 aliphatic heterocycles. The summed E-state index contributed by atoms with van der Waals surface area (Å²) < 4.78 is 25.9. The number of carbonyl (C=O) groups excluding carboxylic acids is 1. The monoisotopic (exact) mass is 396 g/mol. The molecule has 0 aromatic heterocycles. The molecule has 1 atom stereocenters. The van der Waals surface area contributed by atoms with E-state index in [1.54, 1.807) is 18.2 Å². The third-order valence-electron chi connectivity index (χ3n) is 4.19. The van der Waals surface area contributed by atoms with Gasteiger partial charge in [-0.3, -0.25) is 9.69 Å². The van der Waals surface area contributed by atoms with Gasteiger partial charge in [-0.1, -0.05) is 29.3 Å². The minimum atomic E-state index is -4.22. The van der Waals surface area contributed by atoms with Crippen LogP contribution in [0, 0.1) is 0 Å². The molecule has 2 heterocycles. The number of fused-ring (bicyclic) bond motifs is 2. The second-order valence-corrected chi connectivity index (χ2v) is 8.41. The van der Waals surface area contributed by atoms with Gasteiger partial charge in [0.2, 0.25) is 15.7 Å². The Kier molecular flexibility index (Phi) is 3.34. The molecule has 1 amide bonds. The molecule has 1 spiro atoms. The van der Waals surface area contributed by atoms with E-state index in [1.165, 1.54) is 24.3 Å². The number of aliphatic hydroxyl groups is 1. The third kappa shape index (κ3) is 2.03. The van der Waals surface area contributed by atoms with Crippen LogP contribution in [0.15, 0.2) is 53.8 Å². The Labute approximate surface area is 153 Å². The van der Waals surface area contributed by atoms with Crippen molar-refractivity contribution in [3.8, 4) is 0 Å². The predicted molar refractivity (Wildman–Crippen MR) is 95.3 cm³/mol. The first kappa shape index (κ1) is 16.3. The summed E-state index contributed by atoms with van der Waals surface area (Å²) in [6.07, 6.45) is 0. The first-order valence-electron chi connectivity index (χ1n) is 7.10. The molecular weight excluding hydrogens is 387 g/mol. The fourth-order valence-corrected chi connectivity index (χ4v) is 5.38. The molecule has 2 aromatic rings. The van der Waals surface area contributed by atoms with Gasteiger partial charge in [0.25, 0.3) is 10.8 Å². The molecule has 0 saturated heterocycles. The van der Waals surface area contributed by atoms with Gasteiger partial charge in [0.15, 0.2) is 0 Å². The summed E-state index contributed by atoms with van der Waals surface area (Å²) in [5.74, 6) is -1.38. The Hall–Kier alpha value is -2.22. The average molecular weight is 397 g/mol. The van der Waals surface area contributed by atoms with Gasteiger partial charge in [-0.2, -0.15) is 0 Å². The summed E-state index contributed by atoms with van der Waals surface area (Å²) in [5.41, 5.74) is 0.712. The van der Waals surface area contributed by atoms with E-state index in [0.29, 0.717) is 16.1 Å². The van der Waals surface area contributed by atoms with E-state index in [0.717, 1.165) is 4.90 Å². The molecule has 0 bridgehead atoms. The zero-order valence-electron chi connectivity index (χ0n) is 12.4. The van der Waals surface area contributed by atoms with Crippen LogP contribution in [0.25, 0.3) is 0 Å². The van der Waals surface area contributed by atoms with Crippen molar-refractivity contribution in [1.82, 2.24) is 0 Å². The highest BCUT2D eigenvalue weighted by atomic mass is 35.5. The number of nitrogens with one attached hydrogen (secondary N) is 1. The highest BCUT2D eigenvalue weighted by Gasteiger charge is 2.65. The maximum absolute atomic E-state index is 12.9. The Morgan fingerprint density at radius 2 is 1.80 bits per heavy atom. The minimum Gasteiger partial charge on any atom is -0.494 e. The predicted octanol–water partition coefficient (Wildman–Crippen LogP) is 3.39. The number of amides is 1. The van der Waals surface area contributed by atoms with Gasteiger partial charge < -0.3 is 10.4 Å². The summed E-state index contributed by atoms with van der Waals surface area (Å²) in [4.78, 5) is 11.7. The quantitative estimate of drug-likeness (QED) is 0.771. The lowest BCUT2D eigenvalue weighted by Crippen LogP contribution is -2.51. The molecule has 2 N–H and O–H groups in total. The van der Waals surface area contributed by atoms with E-state index < -0.39 is 26.5 Å². The van der Waals surface area contributed by atoms with Crippen LogP contribution in [0.2, 0.25) is 10.0 Å². The van der Waals surface area contributed by atoms with Crippen LogP contribution in [0.1, 0.15) is 5.56 Å². The van der Waals surface area contributed by atoms with Crippen molar-refractivity contribution in [3.05, 3.63) is 69.4 Å². The van der Waals surface area contributed by atoms with E-state index in [4.69, 9.17) is 23.2 Å². The van der Waals surface area contributed by atoms with E-state index >= 15 is 0 Å². The average Bonchev–Trinajstić information content (AvgIpc) is 2.92. The van der Waals surface area contributed by atoms with Gasteiger partial charge in [0, 0.05) is 27.0 Å². The van der Waals surface area contributed by atoms with Crippen LogP contribution in [0.3, 0.4) is 0 Å². The van der Waals surface area contributed by atoms with Gasteiger partial charge in [0.05, 0.1) is 5.41 Å². The second kappa shape index (κ2) is 5.14. The molecule has 2 aromatic carbocycles. The first-order chi connectivity index (χ1) is 11.8. The van der Waals surface area contributed by atoms with E-state index in [1.807, 2.05) is 0 Å². The first-order valence-corrected chi connectivity index (χ1v) is 9.40. The lowest BCUT2D eigenvalue weighted by molar-refractivity contribution is -0.118. The SMILES string of the molecule is O=C1Nc2ccc(Cl)cc2C12N(c1cccc(Cl)c1)C(O)=CS2(=O)=O. The number of nitrogens with zero attached hydrogens (tertiary/aromatic N) is 1. The molecule has 0 fully saturated rings. The van der Waals surface area contributed by atoms with Gasteiger partial charge in [-0.25, -0.2) is 8.42 Å². The lowest BCUT2D eigenvalue weighted by Gasteiger charge is -2.33. The molecule has 1 unspecified atom stereocenters. The Balaban J connectivity index is 2.08. The van der Waals surface area contributed by atoms with Crippen LogP contribution in [0.4, 0.5) is 11.4 Å². The van der Waals surface area contributed by atoms with Crippen molar-refractivity contribution in [1.29, 1.82) is 0 Å². The Morgan fingerprint density at radius 3 is 2.52 bits per heavy atom. The standard InChI is InChI=1S/C16H10Cl2N2O4S/c17-9-2-1-3-11(6-9)20-14(21)8-25(23,24)16(20)12-7-10(18)4-5-13(12)19-15(16)22/h1-8,21H,(H,19,22). The fraction of sp³-hybridized carbons (Fsp3) is 0.0625. The number of rotatable bonds is 1. The summed E-state index contributed by atoms with van der Waals surface area (Å²) in [6, 6.07) is 10.7. The van der Waals surface area contributed by atoms with Crippen molar-refractivity contribution in [2.75, 3.05) is 10.2 Å². The number of aliphatic hydroxyl groups excluding tert-OH is 1. The zero-order chi connectivity index (χ0) is 18.0. The van der Waals surface area contributed by atoms with Crippen LogP contribution >= 0.6 is 23.2 Å². The molecule has 0 aliphatic carbocycles. The van der Waals surface area contributed by atoms with Gasteiger partial charge >= 0.3 is 0 Å². The number of benzene rings is 2. The highest BCUT2D eigenvalue weighted by molar-refractivity contribution is 7.96. The minimum absolute atomic E-state index is 0.144. The van der Waals surface area contributed by atoms with E-state index in [9.17, 15) is 18.3 Å². The molecule has 9 heteroatoms. The molecule has 4 rings (SSSR count). The maximum Gasteiger partial charge on any atom is 0.271 e. The molecule has 0 saturated carbocycles. The van der Waals surface area contributed by atoms with Gasteiger partial charge in [-0.05, 0) is 36.4 Å². The van der Waals surface area contributed by atoms with Crippen molar-refractivity contribution in [2.45, 2.75) is 4.87 Å². The number of hydrogen-bond donors (Lipinski definition) is 2. The number of halogens is 2. The van der Waals surface area contributed by atoms with Crippen molar-refractivity contribution in [2.24, 2.45) is 0 Å². The number of hydrogen-bond acceptors (Lipinski definition) is 5. The maximum atomic E-state index is 12.9. The highest BCUT2D eigenvalue weighted by Crippen LogP contribution is 2.52. The molecule has 25 heavy (non-hydrogen) atoms. The molecular formula is C16H10Cl2N2O4S. The van der Waals surface area contributed by atoms with Crippen molar-refractivity contribution < 1.29 is 18.3 Å². The molecule has 6 nitrogen and oxygen atoms in total. The summed E-state index contributed by atoms with van der Waals surface area (Å²) in [7, 11) is -4.22. The number of anilines is 2. The fourth-order valence-electron chi connectivity index (χ4n) is 3.23. The largest absolute Gasteiger partial charge is 0.494 e. The Bertz CT molecular complexity index is 1070. The normalized spacial score (nSPS) is 23.5. The van der Waals surface area contributed by atoms with Gasteiger partial charge in [-0.15, -0.1) is 0 Å². The third-order valence-corrected chi connectivity index (χ3v) is 6.59. The smallest absolute Gasteiger partial charge is 0.271 e. The summed E-state index contributed by atoms with van der Waals surface area (Å²) in [5, 5.41) is 14.2. The molecule has 128 valence electrons. The zero-order valence-corrected chi connectivity index (χ0v) is 14.7.